The number of nitrogens with zero attached hydrogens (tertiary/aromatic N) is 2. The second-order valence-electron chi connectivity index (χ2n) is 6.83. The number of aliphatic imine (C=N–C) groups is 1. The van der Waals surface area contributed by atoms with Crippen LogP contribution in [-0.2, 0) is 4.79 Å². The van der Waals surface area contributed by atoms with Crippen molar-refractivity contribution in [2.24, 2.45) is 10.9 Å². The van der Waals surface area contributed by atoms with Crippen LogP contribution in [-0.4, -0.2) is 61.9 Å². The van der Waals surface area contributed by atoms with Gasteiger partial charge in [0.1, 0.15) is 0 Å². The van der Waals surface area contributed by atoms with Crippen molar-refractivity contribution in [3.05, 3.63) is 34.3 Å². The summed E-state index contributed by atoms with van der Waals surface area (Å²) in [5.74, 6) is 0.788. The summed E-state index contributed by atoms with van der Waals surface area (Å²) in [5, 5.41) is 9.41. The van der Waals surface area contributed by atoms with Crippen LogP contribution >= 0.6 is 15.9 Å². The van der Waals surface area contributed by atoms with Crippen LogP contribution in [0.1, 0.15) is 30.6 Å². The highest BCUT2D eigenvalue weighted by Crippen LogP contribution is 2.12. The molecule has 1 aliphatic rings. The molecule has 2 amide bonds. The van der Waals surface area contributed by atoms with E-state index in [0.29, 0.717) is 31.2 Å². The summed E-state index contributed by atoms with van der Waals surface area (Å²) in [4.78, 5) is 30.2. The Labute approximate surface area is 169 Å². The predicted octanol–water partition coefficient (Wildman–Crippen LogP) is 1.60. The van der Waals surface area contributed by atoms with Crippen LogP contribution in [0.15, 0.2) is 33.7 Å². The van der Waals surface area contributed by atoms with Crippen LogP contribution in [0, 0.1) is 5.92 Å². The molecular formula is C19H28BrN5O2. The van der Waals surface area contributed by atoms with E-state index in [4.69, 9.17) is 0 Å². The van der Waals surface area contributed by atoms with E-state index < -0.39 is 0 Å². The molecule has 0 radical (unpaired) electrons. The Kier molecular flexibility index (Phi) is 8.09. The number of guanidine groups is 1. The first-order valence-corrected chi connectivity index (χ1v) is 9.99. The fourth-order valence-electron chi connectivity index (χ4n) is 2.89. The Balaban J connectivity index is 1.69. The molecule has 27 heavy (non-hydrogen) atoms. The van der Waals surface area contributed by atoms with Gasteiger partial charge in [-0.2, -0.15) is 0 Å². The monoisotopic (exact) mass is 437 g/mol. The van der Waals surface area contributed by atoms with Crippen molar-refractivity contribution in [1.82, 2.24) is 20.9 Å². The highest BCUT2D eigenvalue weighted by molar-refractivity contribution is 9.10. The minimum Gasteiger partial charge on any atom is -0.355 e. The molecule has 3 N–H and O–H groups in total. The summed E-state index contributed by atoms with van der Waals surface area (Å²) in [7, 11) is 1.71. The van der Waals surface area contributed by atoms with Crippen molar-refractivity contribution in [1.29, 1.82) is 0 Å². The lowest BCUT2D eigenvalue weighted by molar-refractivity contribution is -0.133. The van der Waals surface area contributed by atoms with Crippen LogP contribution in [0.25, 0.3) is 0 Å². The van der Waals surface area contributed by atoms with E-state index in [1.165, 1.54) is 0 Å². The van der Waals surface area contributed by atoms with Gasteiger partial charge in [-0.3, -0.25) is 14.6 Å². The van der Waals surface area contributed by atoms with Gasteiger partial charge in [-0.15, -0.1) is 0 Å². The Morgan fingerprint density at radius 1 is 1.22 bits per heavy atom. The maximum Gasteiger partial charge on any atom is 0.251 e. The largest absolute Gasteiger partial charge is 0.355 e. The quantitative estimate of drug-likeness (QED) is 0.358. The number of benzene rings is 1. The molecule has 1 aromatic carbocycles. The fourth-order valence-corrected chi connectivity index (χ4v) is 3.16. The van der Waals surface area contributed by atoms with Crippen molar-refractivity contribution >= 4 is 33.7 Å². The van der Waals surface area contributed by atoms with E-state index in [2.05, 4.69) is 36.9 Å². The molecule has 8 heteroatoms. The average Bonchev–Trinajstić information content (AvgIpc) is 3.12. The molecule has 1 fully saturated rings. The molecule has 0 saturated carbocycles. The van der Waals surface area contributed by atoms with Gasteiger partial charge in [0.15, 0.2) is 5.96 Å². The molecule has 1 atom stereocenters. The number of hydrogen-bond donors (Lipinski definition) is 3. The van der Waals surface area contributed by atoms with Gasteiger partial charge < -0.3 is 20.9 Å². The van der Waals surface area contributed by atoms with Gasteiger partial charge in [0.05, 0.1) is 0 Å². The van der Waals surface area contributed by atoms with Gasteiger partial charge in [-0.1, -0.05) is 29.8 Å². The Morgan fingerprint density at radius 3 is 2.52 bits per heavy atom. The molecule has 0 aromatic heterocycles. The van der Waals surface area contributed by atoms with Gasteiger partial charge in [-0.05, 0) is 30.7 Å². The first-order valence-electron chi connectivity index (χ1n) is 9.20. The zero-order chi connectivity index (χ0) is 19.8. The average molecular weight is 438 g/mol. The number of amides is 2. The molecule has 7 nitrogen and oxygen atoms in total. The van der Waals surface area contributed by atoms with Crippen molar-refractivity contribution in [3.63, 3.8) is 0 Å². The second-order valence-corrected chi connectivity index (χ2v) is 7.75. The molecule has 1 saturated heterocycles. The molecule has 1 aliphatic heterocycles. The lowest BCUT2D eigenvalue weighted by Crippen LogP contribution is -2.47. The summed E-state index contributed by atoms with van der Waals surface area (Å²) in [5.41, 5.74) is 0.626. The SMILES string of the molecule is CN=C(NCCNC(=O)c1ccc(Br)cc1)NC1CCN(C(=O)C(C)C)C1. The smallest absolute Gasteiger partial charge is 0.251 e. The Bertz CT molecular complexity index is 675. The first-order chi connectivity index (χ1) is 12.9. The number of hydrogen-bond acceptors (Lipinski definition) is 3. The maximum absolute atomic E-state index is 12.1. The molecular weight excluding hydrogens is 410 g/mol. The van der Waals surface area contributed by atoms with Crippen molar-refractivity contribution in [3.8, 4) is 0 Å². The second kappa shape index (κ2) is 10.3. The number of halogens is 1. The van der Waals surface area contributed by atoms with Crippen LogP contribution < -0.4 is 16.0 Å². The standard InChI is InChI=1S/C19H28BrN5O2/c1-13(2)18(27)25-11-8-16(12-25)24-19(21-3)23-10-9-22-17(26)14-4-6-15(20)7-5-14/h4-7,13,16H,8-12H2,1-3H3,(H,22,26)(H2,21,23,24). The zero-order valence-electron chi connectivity index (χ0n) is 16.1. The van der Waals surface area contributed by atoms with Gasteiger partial charge in [0, 0.05) is 55.2 Å². The fraction of sp³-hybridized carbons (Fsp3) is 0.526. The number of nitrogens with one attached hydrogen (secondary N) is 3. The van der Waals surface area contributed by atoms with E-state index in [1.807, 2.05) is 30.9 Å². The lowest BCUT2D eigenvalue weighted by Gasteiger charge is -2.20. The third-order valence-corrected chi connectivity index (χ3v) is 4.90. The number of carbonyl (C=O) groups excluding carboxylic acids is 2. The van der Waals surface area contributed by atoms with E-state index in [1.54, 1.807) is 19.2 Å². The molecule has 0 aliphatic carbocycles. The van der Waals surface area contributed by atoms with Gasteiger partial charge in [-0.25, -0.2) is 0 Å². The molecule has 1 unspecified atom stereocenters. The molecule has 1 aromatic rings. The summed E-state index contributed by atoms with van der Waals surface area (Å²) in [6, 6.07) is 7.42. The van der Waals surface area contributed by atoms with Crippen molar-refractivity contribution in [2.45, 2.75) is 26.3 Å². The number of rotatable bonds is 6. The summed E-state index contributed by atoms with van der Waals surface area (Å²) >= 11 is 3.35. The minimum atomic E-state index is -0.106. The number of likely N-dealkylation sites (tertiary alicyclic amines) is 1. The van der Waals surface area contributed by atoms with Gasteiger partial charge in [0.25, 0.3) is 5.91 Å². The van der Waals surface area contributed by atoms with Crippen molar-refractivity contribution in [2.75, 3.05) is 33.2 Å². The Hall–Kier alpha value is -2.09. The maximum atomic E-state index is 12.1. The third kappa shape index (κ3) is 6.53. The van der Waals surface area contributed by atoms with Crippen LogP contribution in [0.2, 0.25) is 0 Å². The minimum absolute atomic E-state index is 0.0236. The third-order valence-electron chi connectivity index (χ3n) is 4.37. The van der Waals surface area contributed by atoms with E-state index in [9.17, 15) is 9.59 Å². The topological polar surface area (TPSA) is 85.8 Å². The lowest BCUT2D eigenvalue weighted by atomic mass is 10.2. The zero-order valence-corrected chi connectivity index (χ0v) is 17.7. The highest BCUT2D eigenvalue weighted by atomic mass is 79.9. The van der Waals surface area contributed by atoms with Crippen LogP contribution in [0.3, 0.4) is 0 Å². The summed E-state index contributed by atoms with van der Waals surface area (Å²) < 4.78 is 0.941. The van der Waals surface area contributed by atoms with E-state index in [0.717, 1.165) is 17.4 Å². The Morgan fingerprint density at radius 2 is 1.89 bits per heavy atom. The molecule has 2 rings (SSSR count). The van der Waals surface area contributed by atoms with Crippen LogP contribution in [0.5, 0.6) is 0 Å². The molecule has 0 bridgehead atoms. The molecule has 148 valence electrons. The number of carbonyl (C=O) groups is 2. The highest BCUT2D eigenvalue weighted by Gasteiger charge is 2.27. The summed E-state index contributed by atoms with van der Waals surface area (Å²) in [6.45, 7) is 6.35. The molecule has 1 heterocycles. The first kappa shape index (κ1) is 21.2. The van der Waals surface area contributed by atoms with Crippen LogP contribution in [0.4, 0.5) is 0 Å². The normalized spacial score (nSPS) is 17.1. The predicted molar refractivity (Wildman–Crippen MR) is 111 cm³/mol. The summed E-state index contributed by atoms with van der Waals surface area (Å²) in [6.07, 6.45) is 0.902. The van der Waals surface area contributed by atoms with E-state index >= 15 is 0 Å². The van der Waals surface area contributed by atoms with Gasteiger partial charge >= 0.3 is 0 Å². The van der Waals surface area contributed by atoms with Gasteiger partial charge in [0.2, 0.25) is 5.91 Å². The van der Waals surface area contributed by atoms with Crippen molar-refractivity contribution < 1.29 is 9.59 Å². The van der Waals surface area contributed by atoms with E-state index in [-0.39, 0.29) is 23.8 Å². The molecule has 0 spiro atoms.